The number of carbonyl (C=O) groups excluding carboxylic acids is 2. The number of rotatable bonds is 3. The number of aromatic nitrogens is 1. The molecule has 0 fully saturated rings. The molecule has 0 aliphatic carbocycles. The van der Waals surface area contributed by atoms with Crippen molar-refractivity contribution < 1.29 is 9.59 Å². The van der Waals surface area contributed by atoms with Gasteiger partial charge in [0.2, 0.25) is 0 Å². The zero-order valence-electron chi connectivity index (χ0n) is 8.45. The fourth-order valence-corrected chi connectivity index (χ4v) is 1.14. The van der Waals surface area contributed by atoms with E-state index in [0.29, 0.717) is 5.56 Å². The Labute approximate surface area is 92.7 Å². The molecule has 0 aliphatic rings. The van der Waals surface area contributed by atoms with Gasteiger partial charge in [-0.3, -0.25) is 14.6 Å². The molecule has 1 unspecified atom stereocenters. The second-order valence-electron chi connectivity index (χ2n) is 3.16. The monoisotopic (exact) mass is 226 g/mol. The molecule has 4 nitrogen and oxygen atoms in total. The summed E-state index contributed by atoms with van der Waals surface area (Å²) in [4.78, 5) is 26.3. The maximum atomic E-state index is 11.6. The minimum Gasteiger partial charge on any atom is -0.342 e. The van der Waals surface area contributed by atoms with Crippen LogP contribution in [0.3, 0.4) is 0 Å². The first-order valence-corrected chi connectivity index (χ1v) is 4.81. The van der Waals surface area contributed by atoms with E-state index in [9.17, 15) is 9.59 Å². The molecule has 0 spiro atoms. The number of hydrogen-bond donors (Lipinski definition) is 1. The molecule has 1 N–H and O–H groups in total. The van der Waals surface area contributed by atoms with Gasteiger partial charge in [-0.2, -0.15) is 0 Å². The number of amides is 1. The number of hydrogen-bond acceptors (Lipinski definition) is 3. The van der Waals surface area contributed by atoms with E-state index in [2.05, 4.69) is 10.3 Å². The van der Waals surface area contributed by atoms with E-state index in [1.807, 2.05) is 0 Å². The summed E-state index contributed by atoms with van der Waals surface area (Å²) < 4.78 is 0. The summed E-state index contributed by atoms with van der Waals surface area (Å²) in [6, 6.07) is 0.992. The van der Waals surface area contributed by atoms with Crippen molar-refractivity contribution in [1.29, 1.82) is 0 Å². The SMILES string of the molecule is CC(=O)C(C)NC(=O)c1ccncc1Cl. The van der Waals surface area contributed by atoms with Gasteiger partial charge < -0.3 is 5.32 Å². The Morgan fingerprint density at radius 1 is 1.53 bits per heavy atom. The minimum atomic E-state index is -0.512. The Bertz CT molecular complexity index is 393. The molecule has 1 amide bonds. The molecule has 1 heterocycles. The molecule has 80 valence electrons. The van der Waals surface area contributed by atoms with Crippen LogP contribution in [0.15, 0.2) is 18.5 Å². The van der Waals surface area contributed by atoms with Gasteiger partial charge in [0.1, 0.15) is 0 Å². The highest BCUT2D eigenvalue weighted by Crippen LogP contribution is 2.12. The van der Waals surface area contributed by atoms with Crippen molar-refractivity contribution in [3.8, 4) is 0 Å². The van der Waals surface area contributed by atoms with Crippen molar-refractivity contribution in [2.75, 3.05) is 0 Å². The zero-order chi connectivity index (χ0) is 11.4. The summed E-state index contributed by atoms with van der Waals surface area (Å²) in [5.74, 6) is -0.473. The molecule has 5 heteroatoms. The molecule has 1 rings (SSSR count). The van der Waals surface area contributed by atoms with E-state index >= 15 is 0 Å². The quantitative estimate of drug-likeness (QED) is 0.849. The average molecular weight is 227 g/mol. The van der Waals surface area contributed by atoms with E-state index in [0.717, 1.165) is 0 Å². The number of ketones is 1. The van der Waals surface area contributed by atoms with Crippen LogP contribution in [0.25, 0.3) is 0 Å². The third-order valence-corrected chi connectivity index (χ3v) is 2.28. The van der Waals surface area contributed by atoms with E-state index in [4.69, 9.17) is 11.6 Å². The van der Waals surface area contributed by atoms with Gasteiger partial charge >= 0.3 is 0 Å². The number of halogens is 1. The molecular weight excluding hydrogens is 216 g/mol. The summed E-state index contributed by atoms with van der Waals surface area (Å²) in [5, 5.41) is 2.80. The van der Waals surface area contributed by atoms with Crippen LogP contribution in [-0.4, -0.2) is 22.7 Å². The predicted octanol–water partition coefficient (Wildman–Crippen LogP) is 1.44. The standard InChI is InChI=1S/C10H11ClN2O2/c1-6(7(2)14)13-10(15)8-3-4-12-5-9(8)11/h3-6H,1-2H3,(H,13,15). The van der Waals surface area contributed by atoms with Crippen molar-refractivity contribution in [2.45, 2.75) is 19.9 Å². The number of nitrogens with zero attached hydrogens (tertiary/aromatic N) is 1. The summed E-state index contributed by atoms with van der Waals surface area (Å²) >= 11 is 5.77. The molecule has 1 aromatic rings. The van der Waals surface area contributed by atoms with Gasteiger partial charge in [0.25, 0.3) is 5.91 Å². The Morgan fingerprint density at radius 3 is 2.73 bits per heavy atom. The van der Waals surface area contributed by atoms with Crippen molar-refractivity contribution in [1.82, 2.24) is 10.3 Å². The first-order valence-electron chi connectivity index (χ1n) is 4.43. The van der Waals surface area contributed by atoms with Crippen LogP contribution in [0.2, 0.25) is 5.02 Å². The topological polar surface area (TPSA) is 59.1 Å². The molecule has 1 atom stereocenters. The van der Waals surface area contributed by atoms with Crippen molar-refractivity contribution >= 4 is 23.3 Å². The third-order valence-electron chi connectivity index (χ3n) is 1.97. The zero-order valence-corrected chi connectivity index (χ0v) is 9.21. The summed E-state index contributed by atoms with van der Waals surface area (Å²) in [5.41, 5.74) is 0.319. The molecule has 0 bridgehead atoms. The van der Waals surface area contributed by atoms with Crippen LogP contribution in [0, 0.1) is 0 Å². The number of carbonyl (C=O) groups is 2. The maximum Gasteiger partial charge on any atom is 0.253 e. The van der Waals surface area contributed by atoms with Gasteiger partial charge in [-0.05, 0) is 19.9 Å². The van der Waals surface area contributed by atoms with Crippen molar-refractivity contribution in [2.24, 2.45) is 0 Å². The first kappa shape index (κ1) is 11.7. The van der Waals surface area contributed by atoms with Crippen molar-refractivity contribution in [3.63, 3.8) is 0 Å². The van der Waals surface area contributed by atoms with E-state index in [1.54, 1.807) is 6.92 Å². The normalized spacial score (nSPS) is 11.9. The second-order valence-corrected chi connectivity index (χ2v) is 3.57. The maximum absolute atomic E-state index is 11.6. The van der Waals surface area contributed by atoms with E-state index < -0.39 is 6.04 Å². The summed E-state index contributed by atoms with van der Waals surface area (Å²) in [7, 11) is 0. The highest BCUT2D eigenvalue weighted by atomic mass is 35.5. The van der Waals surface area contributed by atoms with Crippen LogP contribution < -0.4 is 5.32 Å². The van der Waals surface area contributed by atoms with Crippen LogP contribution in [0.5, 0.6) is 0 Å². The van der Waals surface area contributed by atoms with Crippen molar-refractivity contribution in [3.05, 3.63) is 29.0 Å². The molecule has 15 heavy (non-hydrogen) atoms. The van der Waals surface area contributed by atoms with Gasteiger partial charge in [0, 0.05) is 12.4 Å². The molecule has 0 aromatic carbocycles. The second kappa shape index (κ2) is 4.89. The Hall–Kier alpha value is -1.42. The molecule has 0 saturated carbocycles. The highest BCUT2D eigenvalue weighted by molar-refractivity contribution is 6.33. The number of pyridine rings is 1. The van der Waals surface area contributed by atoms with E-state index in [-0.39, 0.29) is 16.7 Å². The molecule has 0 saturated heterocycles. The summed E-state index contributed by atoms with van der Waals surface area (Å²) in [6.07, 6.45) is 2.86. The smallest absolute Gasteiger partial charge is 0.253 e. The molecule has 0 aliphatic heterocycles. The van der Waals surface area contributed by atoms with Gasteiger partial charge in [-0.25, -0.2) is 0 Å². The predicted molar refractivity (Wildman–Crippen MR) is 56.9 cm³/mol. The number of Topliss-reactive ketones (excluding diaryl/α,β-unsaturated/α-hetero) is 1. The molecular formula is C10H11ClN2O2. The first-order chi connectivity index (χ1) is 7.02. The molecule has 1 aromatic heterocycles. The van der Waals surface area contributed by atoms with Crippen LogP contribution in [0.4, 0.5) is 0 Å². The third kappa shape index (κ3) is 3.02. The lowest BCUT2D eigenvalue weighted by Gasteiger charge is -2.10. The summed E-state index contributed by atoms with van der Waals surface area (Å²) in [6.45, 7) is 3.04. The van der Waals surface area contributed by atoms with E-state index in [1.165, 1.54) is 25.4 Å². The van der Waals surface area contributed by atoms with Gasteiger partial charge in [0.15, 0.2) is 5.78 Å². The fourth-order valence-electron chi connectivity index (χ4n) is 0.935. The minimum absolute atomic E-state index is 0.103. The fraction of sp³-hybridized carbons (Fsp3) is 0.300. The lowest BCUT2D eigenvalue weighted by molar-refractivity contribution is -0.118. The Kier molecular flexibility index (Phi) is 3.80. The molecule has 0 radical (unpaired) electrons. The van der Waals surface area contributed by atoms with Crippen LogP contribution >= 0.6 is 11.6 Å². The Balaban J connectivity index is 2.78. The van der Waals surface area contributed by atoms with Crippen LogP contribution in [-0.2, 0) is 4.79 Å². The van der Waals surface area contributed by atoms with Gasteiger partial charge in [-0.15, -0.1) is 0 Å². The average Bonchev–Trinajstić information content (AvgIpc) is 2.18. The van der Waals surface area contributed by atoms with Gasteiger partial charge in [-0.1, -0.05) is 11.6 Å². The van der Waals surface area contributed by atoms with Gasteiger partial charge in [0.05, 0.1) is 16.6 Å². The largest absolute Gasteiger partial charge is 0.342 e. The van der Waals surface area contributed by atoms with Crippen LogP contribution in [0.1, 0.15) is 24.2 Å². The Morgan fingerprint density at radius 2 is 2.20 bits per heavy atom. The number of nitrogens with one attached hydrogen (secondary N) is 1. The highest BCUT2D eigenvalue weighted by Gasteiger charge is 2.14. The lowest BCUT2D eigenvalue weighted by atomic mass is 10.2. The lowest BCUT2D eigenvalue weighted by Crippen LogP contribution is -2.37.